The summed E-state index contributed by atoms with van der Waals surface area (Å²) in [5.41, 5.74) is 1.60. The van der Waals surface area contributed by atoms with Gasteiger partial charge in [0.05, 0.1) is 4.92 Å². The first-order valence-electron chi connectivity index (χ1n) is 7.30. The predicted molar refractivity (Wildman–Crippen MR) is 93.9 cm³/mol. The molecule has 0 aliphatic rings. The molecule has 1 aromatic carbocycles. The van der Waals surface area contributed by atoms with E-state index < -0.39 is 10.9 Å². The zero-order valence-corrected chi connectivity index (χ0v) is 14.3. The van der Waals surface area contributed by atoms with Crippen LogP contribution in [0.25, 0.3) is 6.08 Å². The maximum atomic E-state index is 11.9. The van der Waals surface area contributed by atoms with Crippen molar-refractivity contribution in [2.75, 3.05) is 13.7 Å². The molecule has 0 saturated carbocycles. The Morgan fingerprint density at radius 1 is 1.28 bits per heavy atom. The standard InChI is InChI=1S/C17H16N2O5S/c1-18(10-14-8-9-25-12-14)16(20)11-24-17(21)7-4-13-2-5-15(6-3-13)19(22)23/h2-9,12H,10-11H2,1H3/b7-4+. The molecule has 0 bridgehead atoms. The average Bonchev–Trinajstić information content (AvgIpc) is 3.11. The Morgan fingerprint density at radius 2 is 2.00 bits per heavy atom. The minimum Gasteiger partial charge on any atom is -0.452 e. The number of thiophene rings is 1. The monoisotopic (exact) mass is 360 g/mol. The Labute approximate surface area is 148 Å². The molecular formula is C17H16N2O5S. The van der Waals surface area contributed by atoms with Crippen molar-refractivity contribution in [3.63, 3.8) is 0 Å². The van der Waals surface area contributed by atoms with Gasteiger partial charge >= 0.3 is 5.97 Å². The lowest BCUT2D eigenvalue weighted by Crippen LogP contribution is -2.30. The number of esters is 1. The van der Waals surface area contributed by atoms with E-state index in [1.54, 1.807) is 18.4 Å². The van der Waals surface area contributed by atoms with Crippen molar-refractivity contribution in [1.29, 1.82) is 0 Å². The molecule has 0 fully saturated rings. The first-order chi connectivity index (χ1) is 12.0. The van der Waals surface area contributed by atoms with E-state index in [-0.39, 0.29) is 18.2 Å². The van der Waals surface area contributed by atoms with E-state index in [2.05, 4.69) is 0 Å². The van der Waals surface area contributed by atoms with E-state index in [1.165, 1.54) is 41.3 Å². The van der Waals surface area contributed by atoms with Gasteiger partial charge in [0.2, 0.25) is 0 Å². The van der Waals surface area contributed by atoms with E-state index in [9.17, 15) is 19.7 Å². The Hall–Kier alpha value is -3.00. The molecule has 0 N–H and O–H groups in total. The second kappa shape index (κ2) is 8.74. The molecule has 0 spiro atoms. The summed E-state index contributed by atoms with van der Waals surface area (Å²) in [6, 6.07) is 7.64. The van der Waals surface area contributed by atoms with Gasteiger partial charge in [-0.2, -0.15) is 11.3 Å². The third kappa shape index (κ3) is 5.85. The first kappa shape index (κ1) is 18.3. The minimum atomic E-state index is -0.657. The van der Waals surface area contributed by atoms with Gasteiger partial charge in [0.15, 0.2) is 6.61 Å². The lowest BCUT2D eigenvalue weighted by atomic mass is 10.2. The zero-order valence-electron chi connectivity index (χ0n) is 13.5. The number of rotatable bonds is 7. The van der Waals surface area contributed by atoms with Crippen LogP contribution in [-0.4, -0.2) is 35.4 Å². The molecular weight excluding hydrogens is 344 g/mol. The molecule has 0 aliphatic carbocycles. The zero-order chi connectivity index (χ0) is 18.2. The molecule has 2 aromatic rings. The van der Waals surface area contributed by atoms with E-state index in [0.717, 1.165) is 5.56 Å². The fourth-order valence-electron chi connectivity index (χ4n) is 1.91. The molecule has 2 rings (SSSR count). The summed E-state index contributed by atoms with van der Waals surface area (Å²) in [5, 5.41) is 14.4. The third-order valence-corrected chi connectivity index (χ3v) is 4.01. The smallest absolute Gasteiger partial charge is 0.331 e. The maximum Gasteiger partial charge on any atom is 0.331 e. The number of ether oxygens (including phenoxy) is 1. The lowest BCUT2D eigenvalue weighted by Gasteiger charge is -2.15. The molecule has 25 heavy (non-hydrogen) atoms. The van der Waals surface area contributed by atoms with Gasteiger partial charge in [-0.1, -0.05) is 0 Å². The normalized spacial score (nSPS) is 10.6. The maximum absolute atomic E-state index is 11.9. The number of amides is 1. The Kier molecular flexibility index (Phi) is 6.41. The number of non-ortho nitro benzene ring substituents is 1. The molecule has 0 unspecified atom stereocenters. The molecule has 130 valence electrons. The minimum absolute atomic E-state index is 0.0287. The summed E-state index contributed by atoms with van der Waals surface area (Å²) < 4.78 is 4.91. The second-order valence-corrected chi connectivity index (χ2v) is 5.95. The van der Waals surface area contributed by atoms with E-state index >= 15 is 0 Å². The Balaban J connectivity index is 1.79. The lowest BCUT2D eigenvalue weighted by molar-refractivity contribution is -0.384. The molecule has 1 aromatic heterocycles. The number of carbonyl (C=O) groups excluding carboxylic acids is 2. The summed E-state index contributed by atoms with van der Waals surface area (Å²) in [6.45, 7) is 0.114. The highest BCUT2D eigenvalue weighted by atomic mass is 32.1. The Morgan fingerprint density at radius 3 is 2.60 bits per heavy atom. The third-order valence-electron chi connectivity index (χ3n) is 3.28. The van der Waals surface area contributed by atoms with Crippen molar-refractivity contribution in [3.8, 4) is 0 Å². The summed E-state index contributed by atoms with van der Waals surface area (Å²) in [7, 11) is 1.64. The number of nitro benzene ring substituents is 1. The van der Waals surface area contributed by atoms with Crippen LogP contribution in [0.3, 0.4) is 0 Å². The van der Waals surface area contributed by atoms with Gasteiger partial charge in [0.1, 0.15) is 0 Å². The topological polar surface area (TPSA) is 89.8 Å². The van der Waals surface area contributed by atoms with Crippen molar-refractivity contribution in [3.05, 3.63) is 68.4 Å². The number of hydrogen-bond donors (Lipinski definition) is 0. The van der Waals surface area contributed by atoms with Gasteiger partial charge in [-0.3, -0.25) is 14.9 Å². The van der Waals surface area contributed by atoms with Crippen molar-refractivity contribution >= 4 is 35.0 Å². The molecule has 1 amide bonds. The number of likely N-dealkylation sites (N-methyl/N-ethyl adjacent to an activating group) is 1. The van der Waals surface area contributed by atoms with Crippen LogP contribution in [0.15, 0.2) is 47.2 Å². The van der Waals surface area contributed by atoms with Crippen molar-refractivity contribution in [1.82, 2.24) is 4.90 Å². The Bertz CT molecular complexity index is 769. The van der Waals surface area contributed by atoms with Gasteiger partial charge < -0.3 is 9.64 Å². The number of carbonyl (C=O) groups is 2. The van der Waals surface area contributed by atoms with E-state index in [4.69, 9.17) is 4.74 Å². The highest BCUT2D eigenvalue weighted by Crippen LogP contribution is 2.13. The van der Waals surface area contributed by atoms with Crippen LogP contribution in [0.1, 0.15) is 11.1 Å². The molecule has 0 saturated heterocycles. The summed E-state index contributed by atoms with van der Waals surface area (Å²) >= 11 is 1.55. The summed E-state index contributed by atoms with van der Waals surface area (Å²) in [6.07, 6.45) is 2.64. The van der Waals surface area contributed by atoms with Crippen molar-refractivity contribution in [2.24, 2.45) is 0 Å². The number of nitro groups is 1. The van der Waals surface area contributed by atoms with Crippen LogP contribution in [0.5, 0.6) is 0 Å². The van der Waals surface area contributed by atoms with Crippen LogP contribution in [0, 0.1) is 10.1 Å². The first-order valence-corrected chi connectivity index (χ1v) is 8.24. The average molecular weight is 360 g/mol. The van der Waals surface area contributed by atoms with Crippen LogP contribution >= 0.6 is 11.3 Å². The number of nitrogens with zero attached hydrogens (tertiary/aromatic N) is 2. The number of benzene rings is 1. The SMILES string of the molecule is CN(Cc1ccsc1)C(=O)COC(=O)/C=C/c1ccc([N+](=O)[O-])cc1. The van der Waals surface area contributed by atoms with Crippen molar-refractivity contribution in [2.45, 2.75) is 6.54 Å². The molecule has 8 heteroatoms. The van der Waals surface area contributed by atoms with Crippen molar-refractivity contribution < 1.29 is 19.2 Å². The van der Waals surface area contributed by atoms with Gasteiger partial charge in [0, 0.05) is 31.8 Å². The quantitative estimate of drug-likeness (QED) is 0.328. The fourth-order valence-corrected chi connectivity index (χ4v) is 2.57. The van der Waals surface area contributed by atoms with Crippen LogP contribution < -0.4 is 0 Å². The molecule has 0 radical (unpaired) electrons. The van der Waals surface area contributed by atoms with Gasteiger partial charge in [-0.05, 0) is 46.2 Å². The molecule has 1 heterocycles. The highest BCUT2D eigenvalue weighted by Gasteiger charge is 2.11. The van der Waals surface area contributed by atoms with Gasteiger partial charge in [-0.15, -0.1) is 0 Å². The summed E-state index contributed by atoms with van der Waals surface area (Å²) in [5.74, 6) is -0.959. The molecule has 0 aliphatic heterocycles. The highest BCUT2D eigenvalue weighted by molar-refractivity contribution is 7.07. The van der Waals surface area contributed by atoms with E-state index in [1.807, 2.05) is 16.8 Å². The fraction of sp³-hybridized carbons (Fsp3) is 0.176. The summed E-state index contributed by atoms with van der Waals surface area (Å²) in [4.78, 5) is 35.1. The van der Waals surface area contributed by atoms with Gasteiger partial charge in [0.25, 0.3) is 11.6 Å². The van der Waals surface area contributed by atoms with Crippen LogP contribution in [0.2, 0.25) is 0 Å². The van der Waals surface area contributed by atoms with E-state index in [0.29, 0.717) is 12.1 Å². The van der Waals surface area contributed by atoms with Crippen LogP contribution in [0.4, 0.5) is 5.69 Å². The van der Waals surface area contributed by atoms with Gasteiger partial charge in [-0.25, -0.2) is 4.79 Å². The predicted octanol–water partition coefficient (Wildman–Crippen LogP) is 2.87. The molecule has 0 atom stereocenters. The number of hydrogen-bond acceptors (Lipinski definition) is 6. The molecule has 7 nitrogen and oxygen atoms in total. The second-order valence-electron chi connectivity index (χ2n) is 5.17. The van der Waals surface area contributed by atoms with Crippen LogP contribution in [-0.2, 0) is 20.9 Å². The largest absolute Gasteiger partial charge is 0.452 e.